The highest BCUT2D eigenvalue weighted by Crippen LogP contribution is 2.54. The maximum Gasteiger partial charge on any atom is 0.274 e. The van der Waals surface area contributed by atoms with E-state index in [2.05, 4.69) is 9.97 Å². The fraction of sp³-hybridized carbons (Fsp3) is 0.400. The van der Waals surface area contributed by atoms with Crippen molar-refractivity contribution in [1.29, 1.82) is 0 Å². The normalized spacial score (nSPS) is 22.9. The first kappa shape index (κ1) is 17.6. The summed E-state index contributed by atoms with van der Waals surface area (Å²) in [5.41, 5.74) is 0.929. The van der Waals surface area contributed by atoms with E-state index in [9.17, 15) is 14.7 Å². The first-order valence-electron chi connectivity index (χ1n) is 9.15. The number of benzene rings is 1. The summed E-state index contributed by atoms with van der Waals surface area (Å²) in [7, 11) is 0. The van der Waals surface area contributed by atoms with Crippen LogP contribution in [0, 0.1) is 0 Å². The molecule has 0 unspecified atom stereocenters. The maximum absolute atomic E-state index is 12.7. The quantitative estimate of drug-likeness (QED) is 0.875. The van der Waals surface area contributed by atoms with Gasteiger partial charge in [-0.15, -0.1) is 0 Å². The molecule has 4 rings (SSSR count). The van der Waals surface area contributed by atoms with E-state index in [1.54, 1.807) is 9.80 Å². The summed E-state index contributed by atoms with van der Waals surface area (Å²) in [6.07, 6.45) is 4.85. The van der Waals surface area contributed by atoms with Gasteiger partial charge in [0.05, 0.1) is 24.4 Å². The van der Waals surface area contributed by atoms with Crippen LogP contribution in [-0.2, 0) is 4.79 Å². The number of rotatable bonds is 4. The number of hydrogen-bond donors (Lipinski definition) is 1. The molecule has 7 heteroatoms. The molecule has 2 saturated heterocycles. The minimum absolute atomic E-state index is 0.00473. The van der Waals surface area contributed by atoms with Crippen molar-refractivity contribution in [2.45, 2.75) is 30.8 Å². The molecule has 2 amide bonds. The van der Waals surface area contributed by atoms with Crippen molar-refractivity contribution in [2.75, 3.05) is 19.7 Å². The number of aliphatic hydroxyl groups is 1. The van der Waals surface area contributed by atoms with Gasteiger partial charge in [0.15, 0.2) is 0 Å². The van der Waals surface area contributed by atoms with Crippen LogP contribution < -0.4 is 0 Å². The van der Waals surface area contributed by atoms with E-state index in [-0.39, 0.29) is 30.4 Å². The van der Waals surface area contributed by atoms with Gasteiger partial charge in [-0.3, -0.25) is 14.6 Å². The third-order valence-electron chi connectivity index (χ3n) is 5.69. The molecule has 1 aromatic carbocycles. The molecule has 7 nitrogen and oxygen atoms in total. The highest BCUT2D eigenvalue weighted by Gasteiger charge is 2.67. The molecule has 2 aliphatic heterocycles. The number of amides is 2. The molecule has 0 radical (unpaired) electrons. The van der Waals surface area contributed by atoms with Crippen LogP contribution in [0.3, 0.4) is 0 Å². The molecule has 2 aliphatic rings. The molecule has 0 aliphatic carbocycles. The lowest BCUT2D eigenvalue weighted by Crippen LogP contribution is -2.86. The topological polar surface area (TPSA) is 86.6 Å². The van der Waals surface area contributed by atoms with Gasteiger partial charge in [-0.05, 0) is 5.56 Å². The van der Waals surface area contributed by atoms with Crippen LogP contribution in [0.4, 0.5) is 0 Å². The Kier molecular flexibility index (Phi) is 4.39. The van der Waals surface area contributed by atoms with E-state index in [1.165, 1.54) is 18.6 Å². The third-order valence-corrected chi connectivity index (χ3v) is 5.69. The lowest BCUT2D eigenvalue weighted by Gasteiger charge is -2.70. The van der Waals surface area contributed by atoms with Gasteiger partial charge in [0, 0.05) is 37.8 Å². The number of aromatic nitrogens is 2. The Labute approximate surface area is 157 Å². The second kappa shape index (κ2) is 6.74. The minimum Gasteiger partial charge on any atom is -0.394 e. The largest absolute Gasteiger partial charge is 0.394 e. The zero-order chi connectivity index (χ0) is 19.0. The second-order valence-electron chi connectivity index (χ2n) is 7.11. The standard InChI is InChI=1S/C20H22N4O3/c1-2-17(26)24-16(11-25)18(14-6-4-3-5-7-14)20(24)12-23(13-20)19(27)15-10-21-8-9-22-15/h3-10,16,18,25H,2,11-13H2,1H3/t16-,18-/m0/s1. The summed E-state index contributed by atoms with van der Waals surface area (Å²) in [6, 6.07) is 9.66. The van der Waals surface area contributed by atoms with Crippen molar-refractivity contribution in [3.05, 3.63) is 60.2 Å². The molecular formula is C20H22N4O3. The van der Waals surface area contributed by atoms with Crippen LogP contribution in [0.5, 0.6) is 0 Å². The summed E-state index contributed by atoms with van der Waals surface area (Å²) in [5.74, 6) is -0.171. The summed E-state index contributed by atoms with van der Waals surface area (Å²) >= 11 is 0. The molecule has 2 fully saturated rings. The van der Waals surface area contributed by atoms with Crippen molar-refractivity contribution in [1.82, 2.24) is 19.8 Å². The predicted molar refractivity (Wildman–Crippen MR) is 97.9 cm³/mol. The van der Waals surface area contributed by atoms with Gasteiger partial charge in [0.2, 0.25) is 5.91 Å². The number of aliphatic hydroxyl groups excluding tert-OH is 1. The summed E-state index contributed by atoms with van der Waals surface area (Å²) < 4.78 is 0. The molecule has 27 heavy (non-hydrogen) atoms. The zero-order valence-electron chi connectivity index (χ0n) is 15.2. The van der Waals surface area contributed by atoms with Crippen LogP contribution in [-0.4, -0.2) is 68.0 Å². The van der Waals surface area contributed by atoms with E-state index in [0.29, 0.717) is 25.2 Å². The van der Waals surface area contributed by atoms with Gasteiger partial charge >= 0.3 is 0 Å². The average molecular weight is 366 g/mol. The predicted octanol–water partition coefficient (Wildman–Crippen LogP) is 1.07. The van der Waals surface area contributed by atoms with Crippen molar-refractivity contribution in [3.8, 4) is 0 Å². The van der Waals surface area contributed by atoms with E-state index in [4.69, 9.17) is 0 Å². The summed E-state index contributed by atoms with van der Waals surface area (Å²) in [5, 5.41) is 9.94. The van der Waals surface area contributed by atoms with Crippen LogP contribution in [0.25, 0.3) is 0 Å². The first-order chi connectivity index (χ1) is 13.1. The van der Waals surface area contributed by atoms with Crippen molar-refractivity contribution in [2.24, 2.45) is 0 Å². The molecule has 2 aromatic rings. The second-order valence-corrected chi connectivity index (χ2v) is 7.11. The van der Waals surface area contributed by atoms with Gasteiger partial charge in [0.25, 0.3) is 5.91 Å². The first-order valence-corrected chi connectivity index (χ1v) is 9.15. The summed E-state index contributed by atoms with van der Waals surface area (Å²) in [6.45, 7) is 2.60. The molecule has 1 aromatic heterocycles. The Morgan fingerprint density at radius 2 is 1.96 bits per heavy atom. The van der Waals surface area contributed by atoms with Crippen molar-refractivity contribution in [3.63, 3.8) is 0 Å². The molecule has 0 saturated carbocycles. The van der Waals surface area contributed by atoms with Gasteiger partial charge in [-0.2, -0.15) is 0 Å². The SMILES string of the molecule is CCC(=O)N1[C@@H](CO)[C@H](c2ccccc2)C12CN(C(=O)c1cnccn1)C2. The monoisotopic (exact) mass is 366 g/mol. The molecular weight excluding hydrogens is 344 g/mol. The Morgan fingerprint density at radius 3 is 2.56 bits per heavy atom. The molecule has 140 valence electrons. The molecule has 2 atom stereocenters. The fourth-order valence-electron chi connectivity index (χ4n) is 4.57. The van der Waals surface area contributed by atoms with Gasteiger partial charge in [-0.1, -0.05) is 37.3 Å². The van der Waals surface area contributed by atoms with Gasteiger partial charge < -0.3 is 14.9 Å². The van der Waals surface area contributed by atoms with E-state index < -0.39 is 5.54 Å². The van der Waals surface area contributed by atoms with Crippen LogP contribution in [0.15, 0.2) is 48.9 Å². The number of nitrogens with zero attached hydrogens (tertiary/aromatic N) is 4. The number of carbonyl (C=O) groups excluding carboxylic acids is 2. The Bertz CT molecular complexity index is 837. The summed E-state index contributed by atoms with van der Waals surface area (Å²) in [4.78, 5) is 36.8. The van der Waals surface area contributed by atoms with Crippen LogP contribution in [0.2, 0.25) is 0 Å². The molecule has 0 bridgehead atoms. The van der Waals surface area contributed by atoms with E-state index in [1.807, 2.05) is 37.3 Å². The zero-order valence-corrected chi connectivity index (χ0v) is 15.2. The molecule has 1 spiro atoms. The van der Waals surface area contributed by atoms with Crippen LogP contribution >= 0.6 is 0 Å². The number of likely N-dealkylation sites (tertiary alicyclic amines) is 2. The highest BCUT2D eigenvalue weighted by atomic mass is 16.3. The minimum atomic E-state index is -0.459. The number of hydrogen-bond acceptors (Lipinski definition) is 5. The maximum atomic E-state index is 12.7. The Balaban J connectivity index is 1.62. The lowest BCUT2D eigenvalue weighted by molar-refractivity contribution is -0.193. The van der Waals surface area contributed by atoms with Gasteiger partial charge in [0.1, 0.15) is 5.69 Å². The average Bonchev–Trinajstić information content (AvgIpc) is 2.67. The highest BCUT2D eigenvalue weighted by molar-refractivity contribution is 5.93. The van der Waals surface area contributed by atoms with E-state index >= 15 is 0 Å². The molecule has 3 heterocycles. The number of carbonyl (C=O) groups is 2. The third kappa shape index (κ3) is 2.61. The van der Waals surface area contributed by atoms with Crippen molar-refractivity contribution < 1.29 is 14.7 Å². The van der Waals surface area contributed by atoms with Crippen molar-refractivity contribution >= 4 is 11.8 Å². The Hall–Kier alpha value is -2.80. The van der Waals surface area contributed by atoms with Crippen LogP contribution in [0.1, 0.15) is 35.3 Å². The fourth-order valence-corrected chi connectivity index (χ4v) is 4.57. The van der Waals surface area contributed by atoms with E-state index in [0.717, 1.165) is 5.56 Å². The molecule has 1 N–H and O–H groups in total. The lowest BCUT2D eigenvalue weighted by atomic mass is 9.60. The smallest absolute Gasteiger partial charge is 0.274 e. The van der Waals surface area contributed by atoms with Gasteiger partial charge in [-0.25, -0.2) is 4.98 Å². The Morgan fingerprint density at radius 1 is 1.22 bits per heavy atom.